The zero-order chi connectivity index (χ0) is 26.8. The van der Waals surface area contributed by atoms with Gasteiger partial charge in [-0.3, -0.25) is 0 Å². The quantitative estimate of drug-likeness (QED) is 0.244. The number of benzene rings is 3. The van der Waals surface area contributed by atoms with Crippen LogP contribution in [-0.2, 0) is 20.3 Å². The molecule has 5 heteroatoms. The van der Waals surface area contributed by atoms with Gasteiger partial charge in [-0.15, -0.1) is 0 Å². The van der Waals surface area contributed by atoms with Gasteiger partial charge >= 0.3 is 5.97 Å². The molecule has 0 amide bonds. The van der Waals surface area contributed by atoms with E-state index in [1.165, 1.54) is 17.5 Å². The minimum absolute atomic E-state index is 0.0898. The van der Waals surface area contributed by atoms with Crippen molar-refractivity contribution in [2.45, 2.75) is 58.3 Å². The minimum atomic E-state index is -0.915. The number of aromatic carboxylic acids is 1. The van der Waals surface area contributed by atoms with Crippen LogP contribution in [0.25, 0.3) is 22.3 Å². The molecule has 5 nitrogen and oxygen atoms in total. The number of rotatable bonds is 9. The summed E-state index contributed by atoms with van der Waals surface area (Å²) in [6, 6.07) is 18.4. The monoisotopic (exact) mass is 502 g/mol. The number of carboxylic acids is 1. The molecule has 1 aliphatic rings. The van der Waals surface area contributed by atoms with Crippen LogP contribution in [0.5, 0.6) is 5.75 Å². The summed E-state index contributed by atoms with van der Waals surface area (Å²) < 4.78 is 16.7. The first-order valence-corrected chi connectivity index (χ1v) is 12.9. The number of hydrogen-bond donors (Lipinski definition) is 1. The molecule has 196 valence electrons. The molecule has 0 heterocycles. The van der Waals surface area contributed by atoms with Crippen molar-refractivity contribution in [1.29, 1.82) is 0 Å². The van der Waals surface area contributed by atoms with Gasteiger partial charge in [0.25, 0.3) is 0 Å². The van der Waals surface area contributed by atoms with Crippen LogP contribution in [0.2, 0.25) is 0 Å². The van der Waals surface area contributed by atoms with E-state index >= 15 is 0 Å². The Labute approximate surface area is 220 Å². The van der Waals surface area contributed by atoms with Gasteiger partial charge in [-0.25, -0.2) is 4.79 Å². The van der Waals surface area contributed by atoms with Crippen molar-refractivity contribution in [3.8, 4) is 28.0 Å². The fraction of sp³-hybridized carbons (Fsp3) is 0.406. The number of carbonyl (C=O) groups is 1. The van der Waals surface area contributed by atoms with Crippen LogP contribution in [0.3, 0.4) is 0 Å². The molecular formula is C32H38O5. The molecule has 1 N–H and O–H groups in total. The van der Waals surface area contributed by atoms with E-state index in [2.05, 4.69) is 52.0 Å². The third-order valence-electron chi connectivity index (χ3n) is 7.66. The Hall–Kier alpha value is -3.15. The van der Waals surface area contributed by atoms with Gasteiger partial charge in [-0.05, 0) is 82.2 Å². The van der Waals surface area contributed by atoms with Gasteiger partial charge in [0.05, 0.1) is 18.8 Å². The average Bonchev–Trinajstić information content (AvgIpc) is 2.86. The molecule has 3 aromatic carbocycles. The standard InChI is InChI=1S/C32H38O5/c1-21-17-22(7-10-25(21)30(33)34)23-9-12-29(37-20-36-16-15-35-6)26(18-23)24-8-11-27-28(19-24)32(4,5)14-13-31(27,2)3/h7-12,17-19H,13-16,20H2,1-6H3,(H,33,34). The van der Waals surface area contributed by atoms with Crippen molar-refractivity contribution < 1.29 is 24.1 Å². The number of ether oxygens (including phenoxy) is 3. The fourth-order valence-electron chi connectivity index (χ4n) is 5.21. The van der Waals surface area contributed by atoms with Gasteiger partial charge in [0.2, 0.25) is 0 Å². The van der Waals surface area contributed by atoms with Gasteiger partial charge < -0.3 is 19.3 Å². The van der Waals surface area contributed by atoms with Crippen molar-refractivity contribution in [3.63, 3.8) is 0 Å². The third-order valence-corrected chi connectivity index (χ3v) is 7.66. The van der Waals surface area contributed by atoms with Crippen LogP contribution in [0.15, 0.2) is 54.6 Å². The second-order valence-corrected chi connectivity index (χ2v) is 11.2. The Morgan fingerprint density at radius 2 is 1.49 bits per heavy atom. The Morgan fingerprint density at radius 1 is 0.838 bits per heavy atom. The summed E-state index contributed by atoms with van der Waals surface area (Å²) in [6.45, 7) is 12.2. The molecule has 4 rings (SSSR count). The maximum absolute atomic E-state index is 11.5. The lowest BCUT2D eigenvalue weighted by Crippen LogP contribution is -2.33. The zero-order valence-electron chi connectivity index (χ0n) is 22.8. The molecular weight excluding hydrogens is 464 g/mol. The fourth-order valence-corrected chi connectivity index (χ4v) is 5.21. The van der Waals surface area contributed by atoms with E-state index in [4.69, 9.17) is 14.2 Å². The van der Waals surface area contributed by atoms with Gasteiger partial charge in [-0.1, -0.05) is 64.1 Å². The number of carboxylic acid groups (broad SMARTS) is 1. The summed E-state index contributed by atoms with van der Waals surface area (Å²) in [5.74, 6) is -0.172. The molecule has 0 fully saturated rings. The molecule has 0 bridgehead atoms. The molecule has 0 aromatic heterocycles. The van der Waals surface area contributed by atoms with Crippen molar-refractivity contribution in [1.82, 2.24) is 0 Å². The van der Waals surface area contributed by atoms with Crippen LogP contribution < -0.4 is 4.74 Å². The van der Waals surface area contributed by atoms with E-state index in [0.717, 1.165) is 40.0 Å². The van der Waals surface area contributed by atoms with E-state index in [-0.39, 0.29) is 17.6 Å². The van der Waals surface area contributed by atoms with Gasteiger partial charge in [0, 0.05) is 12.7 Å². The van der Waals surface area contributed by atoms with Gasteiger partial charge in [0.1, 0.15) is 5.75 Å². The maximum Gasteiger partial charge on any atom is 0.335 e. The summed E-state index contributed by atoms with van der Waals surface area (Å²) >= 11 is 0. The number of fused-ring (bicyclic) bond motifs is 1. The van der Waals surface area contributed by atoms with Crippen LogP contribution >= 0.6 is 0 Å². The highest BCUT2D eigenvalue weighted by molar-refractivity contribution is 5.90. The highest BCUT2D eigenvalue weighted by Gasteiger charge is 2.37. The summed E-state index contributed by atoms with van der Waals surface area (Å²) in [7, 11) is 1.64. The highest BCUT2D eigenvalue weighted by Crippen LogP contribution is 2.47. The molecule has 0 unspecified atom stereocenters. The number of hydrogen-bond acceptors (Lipinski definition) is 4. The van der Waals surface area contributed by atoms with Crippen LogP contribution in [0.4, 0.5) is 0 Å². The van der Waals surface area contributed by atoms with Gasteiger partial charge in [0.15, 0.2) is 6.79 Å². The van der Waals surface area contributed by atoms with E-state index < -0.39 is 5.97 Å². The summed E-state index contributed by atoms with van der Waals surface area (Å²) in [5.41, 5.74) is 8.12. The highest BCUT2D eigenvalue weighted by atomic mass is 16.7. The van der Waals surface area contributed by atoms with E-state index in [1.54, 1.807) is 13.2 Å². The Kier molecular flexibility index (Phi) is 7.77. The van der Waals surface area contributed by atoms with Crippen LogP contribution in [-0.4, -0.2) is 38.2 Å². The number of aryl methyl sites for hydroxylation is 1. The molecule has 0 saturated carbocycles. The molecule has 0 saturated heterocycles. The molecule has 1 aliphatic carbocycles. The van der Waals surface area contributed by atoms with E-state index in [1.807, 2.05) is 31.2 Å². The predicted octanol–water partition coefficient (Wildman–Crippen LogP) is 7.38. The first-order chi connectivity index (χ1) is 17.5. The van der Waals surface area contributed by atoms with E-state index in [0.29, 0.717) is 18.8 Å². The Bertz CT molecular complexity index is 1290. The minimum Gasteiger partial charge on any atom is -0.478 e. The lowest BCUT2D eigenvalue weighted by Gasteiger charge is -2.42. The Morgan fingerprint density at radius 3 is 2.16 bits per heavy atom. The second kappa shape index (κ2) is 10.7. The van der Waals surface area contributed by atoms with Crippen molar-refractivity contribution in [2.75, 3.05) is 27.1 Å². The number of methoxy groups -OCH3 is 1. The zero-order valence-corrected chi connectivity index (χ0v) is 22.8. The molecule has 0 spiro atoms. The predicted molar refractivity (Wildman–Crippen MR) is 148 cm³/mol. The first kappa shape index (κ1) is 26.9. The van der Waals surface area contributed by atoms with Crippen LogP contribution in [0.1, 0.15) is 67.6 Å². The first-order valence-electron chi connectivity index (χ1n) is 12.9. The van der Waals surface area contributed by atoms with Gasteiger partial charge in [-0.2, -0.15) is 0 Å². The van der Waals surface area contributed by atoms with E-state index in [9.17, 15) is 9.90 Å². The van der Waals surface area contributed by atoms with Crippen molar-refractivity contribution >= 4 is 5.97 Å². The summed E-state index contributed by atoms with van der Waals surface area (Å²) in [4.78, 5) is 11.5. The largest absolute Gasteiger partial charge is 0.478 e. The molecule has 3 aromatic rings. The third kappa shape index (κ3) is 5.73. The lowest BCUT2D eigenvalue weighted by atomic mass is 9.63. The van der Waals surface area contributed by atoms with Crippen molar-refractivity contribution in [3.05, 3.63) is 76.9 Å². The molecule has 37 heavy (non-hydrogen) atoms. The lowest BCUT2D eigenvalue weighted by molar-refractivity contribution is -0.00821. The van der Waals surface area contributed by atoms with Crippen LogP contribution in [0, 0.1) is 6.92 Å². The summed E-state index contributed by atoms with van der Waals surface area (Å²) in [5, 5.41) is 9.43. The molecule has 0 atom stereocenters. The normalized spacial score (nSPS) is 15.7. The smallest absolute Gasteiger partial charge is 0.335 e. The maximum atomic E-state index is 11.5. The Balaban J connectivity index is 1.78. The van der Waals surface area contributed by atoms with Crippen molar-refractivity contribution in [2.24, 2.45) is 0 Å². The molecule has 0 radical (unpaired) electrons. The average molecular weight is 503 g/mol. The topological polar surface area (TPSA) is 65.0 Å². The second-order valence-electron chi connectivity index (χ2n) is 11.2. The molecule has 0 aliphatic heterocycles. The summed E-state index contributed by atoms with van der Waals surface area (Å²) in [6.07, 6.45) is 2.31. The SMILES string of the molecule is COCCOCOc1ccc(-c2ccc(C(=O)O)c(C)c2)cc1-c1ccc2c(c1)C(C)(C)CCC2(C)C.